The minimum atomic E-state index is -0.439. The molecule has 0 bridgehead atoms. The van der Waals surface area contributed by atoms with Crippen molar-refractivity contribution in [1.82, 2.24) is 15.4 Å². The molecule has 0 aliphatic carbocycles. The van der Waals surface area contributed by atoms with Crippen molar-refractivity contribution in [3.8, 4) is 16.9 Å². The highest BCUT2D eigenvalue weighted by Gasteiger charge is 2.39. The number of aromatic nitrogens is 1. The Kier molecular flexibility index (Phi) is 8.42. The lowest BCUT2D eigenvalue weighted by Crippen LogP contribution is -2.53. The highest BCUT2D eigenvalue weighted by molar-refractivity contribution is 6.04. The van der Waals surface area contributed by atoms with Crippen LogP contribution in [0.25, 0.3) is 11.1 Å². The number of hydrogen-bond donors (Lipinski definition) is 2. The number of carbonyl (C=O) groups excluding carboxylic acids is 3. The second kappa shape index (κ2) is 12.7. The number of ether oxygens (including phenoxy) is 2. The van der Waals surface area contributed by atoms with E-state index >= 15 is 0 Å². The molecule has 4 aromatic rings. The van der Waals surface area contributed by atoms with Crippen LogP contribution in [0.1, 0.15) is 51.4 Å². The van der Waals surface area contributed by atoms with E-state index in [4.69, 9.17) is 14.0 Å². The molecule has 1 saturated heterocycles. The summed E-state index contributed by atoms with van der Waals surface area (Å²) in [6.07, 6.45) is 0.877. The van der Waals surface area contributed by atoms with E-state index in [1.807, 2.05) is 30.3 Å². The summed E-state index contributed by atoms with van der Waals surface area (Å²) in [6, 6.07) is 24.6. The van der Waals surface area contributed by atoms with Gasteiger partial charge >= 0.3 is 0 Å². The van der Waals surface area contributed by atoms with E-state index in [2.05, 4.69) is 40.1 Å². The van der Waals surface area contributed by atoms with Crippen LogP contribution >= 0.6 is 0 Å². The molecular weight excluding hydrogens is 560 g/mol. The molecule has 226 valence electrons. The van der Waals surface area contributed by atoms with E-state index in [-0.39, 0.29) is 48.8 Å². The molecule has 44 heavy (non-hydrogen) atoms. The predicted molar refractivity (Wildman–Crippen MR) is 163 cm³/mol. The van der Waals surface area contributed by atoms with Gasteiger partial charge < -0.3 is 29.5 Å². The monoisotopic (exact) mass is 594 g/mol. The fourth-order valence-electron chi connectivity index (χ4n) is 5.70. The van der Waals surface area contributed by atoms with Crippen LogP contribution in [0.5, 0.6) is 5.75 Å². The van der Waals surface area contributed by atoms with E-state index in [0.717, 1.165) is 16.7 Å². The second-order valence-electron chi connectivity index (χ2n) is 11.2. The first kappa shape index (κ1) is 29.1. The van der Waals surface area contributed by atoms with Gasteiger partial charge in [0.05, 0.1) is 24.1 Å². The minimum Gasteiger partial charge on any atom is -0.490 e. The Morgan fingerprint density at radius 3 is 2.50 bits per heavy atom. The van der Waals surface area contributed by atoms with Gasteiger partial charge in [0.2, 0.25) is 5.91 Å². The second-order valence-corrected chi connectivity index (χ2v) is 11.2. The van der Waals surface area contributed by atoms with Crippen LogP contribution in [0, 0.1) is 6.92 Å². The van der Waals surface area contributed by atoms with Crippen molar-refractivity contribution in [2.75, 3.05) is 19.0 Å². The van der Waals surface area contributed by atoms with Crippen LogP contribution in [0.3, 0.4) is 0 Å². The first-order valence-electron chi connectivity index (χ1n) is 14.7. The summed E-state index contributed by atoms with van der Waals surface area (Å²) in [7, 11) is 1.75. The number of hydrogen-bond acceptors (Lipinski definition) is 7. The van der Waals surface area contributed by atoms with Gasteiger partial charge in [-0.1, -0.05) is 59.8 Å². The Morgan fingerprint density at radius 1 is 0.977 bits per heavy atom. The van der Waals surface area contributed by atoms with Gasteiger partial charge in [0, 0.05) is 25.3 Å². The van der Waals surface area contributed by atoms with Crippen LogP contribution in [0.4, 0.5) is 5.69 Å². The van der Waals surface area contributed by atoms with Crippen molar-refractivity contribution in [3.05, 3.63) is 101 Å². The van der Waals surface area contributed by atoms with E-state index in [0.29, 0.717) is 42.1 Å². The third-order valence-corrected chi connectivity index (χ3v) is 8.09. The SMILES string of the molecule is Cc1cc(C(=O)Nc2ccc3c(c2)C(=O)N(C)[C@@H]2CC[C@@H](CC(=O)NCc4ccc(-c5ccccc5)cc4)O[C@H]2CO3)no1. The maximum atomic E-state index is 13.5. The Bertz CT molecular complexity index is 1650. The molecule has 3 heterocycles. The summed E-state index contributed by atoms with van der Waals surface area (Å²) in [5.74, 6) is 0.165. The molecule has 3 atom stereocenters. The fourth-order valence-corrected chi connectivity index (χ4v) is 5.70. The zero-order valence-corrected chi connectivity index (χ0v) is 24.6. The third kappa shape index (κ3) is 6.50. The van der Waals surface area contributed by atoms with Crippen molar-refractivity contribution in [1.29, 1.82) is 0 Å². The summed E-state index contributed by atoms with van der Waals surface area (Å²) in [5, 5.41) is 9.49. The number of nitrogens with one attached hydrogen (secondary N) is 2. The number of fused-ring (bicyclic) bond motifs is 2. The number of aryl methyl sites for hydroxylation is 1. The molecule has 1 aromatic heterocycles. The van der Waals surface area contributed by atoms with Crippen molar-refractivity contribution in [3.63, 3.8) is 0 Å². The largest absolute Gasteiger partial charge is 0.490 e. The van der Waals surface area contributed by atoms with Crippen LogP contribution in [-0.2, 0) is 16.1 Å². The van der Waals surface area contributed by atoms with Gasteiger partial charge in [0.1, 0.15) is 24.2 Å². The maximum absolute atomic E-state index is 13.5. The van der Waals surface area contributed by atoms with Crippen LogP contribution in [0.15, 0.2) is 83.4 Å². The summed E-state index contributed by atoms with van der Waals surface area (Å²) < 4.78 is 17.3. The van der Waals surface area contributed by atoms with E-state index < -0.39 is 5.91 Å². The smallest absolute Gasteiger partial charge is 0.277 e. The number of nitrogens with zero attached hydrogens (tertiary/aromatic N) is 2. The first-order valence-corrected chi connectivity index (χ1v) is 14.7. The summed E-state index contributed by atoms with van der Waals surface area (Å²) in [6.45, 7) is 2.36. The lowest BCUT2D eigenvalue weighted by atomic mass is 9.94. The molecule has 1 fully saturated rings. The molecule has 0 saturated carbocycles. The van der Waals surface area contributed by atoms with Crippen molar-refractivity contribution >= 4 is 23.4 Å². The summed E-state index contributed by atoms with van der Waals surface area (Å²) >= 11 is 0. The molecule has 0 radical (unpaired) electrons. The zero-order valence-electron chi connectivity index (χ0n) is 24.6. The predicted octanol–water partition coefficient (Wildman–Crippen LogP) is 4.99. The molecule has 6 rings (SSSR count). The molecule has 3 aromatic carbocycles. The van der Waals surface area contributed by atoms with Gasteiger partial charge in [-0.3, -0.25) is 14.4 Å². The normalized spacial score (nSPS) is 19.5. The van der Waals surface area contributed by atoms with E-state index in [1.54, 1.807) is 37.1 Å². The quantitative estimate of drug-likeness (QED) is 0.309. The highest BCUT2D eigenvalue weighted by Crippen LogP contribution is 2.32. The number of benzene rings is 3. The average molecular weight is 595 g/mol. The lowest BCUT2D eigenvalue weighted by molar-refractivity contribution is -0.134. The number of anilines is 1. The molecule has 0 spiro atoms. The number of carbonyl (C=O) groups is 3. The molecule has 2 aliphatic heterocycles. The minimum absolute atomic E-state index is 0.0857. The van der Waals surface area contributed by atoms with Crippen molar-refractivity contribution < 1.29 is 28.4 Å². The first-order chi connectivity index (χ1) is 21.3. The van der Waals surface area contributed by atoms with E-state index in [1.165, 1.54) is 6.07 Å². The number of likely N-dealkylation sites (N-methyl/N-ethyl adjacent to an activating group) is 1. The topological polar surface area (TPSA) is 123 Å². The Hall–Kier alpha value is -4.96. The summed E-state index contributed by atoms with van der Waals surface area (Å²) in [4.78, 5) is 40.5. The Morgan fingerprint density at radius 2 is 1.75 bits per heavy atom. The number of amides is 3. The van der Waals surface area contributed by atoms with Gasteiger partial charge in [-0.05, 0) is 54.7 Å². The van der Waals surface area contributed by atoms with Gasteiger partial charge in [-0.2, -0.15) is 0 Å². The van der Waals surface area contributed by atoms with Gasteiger partial charge in [0.15, 0.2) is 5.69 Å². The van der Waals surface area contributed by atoms with Crippen LogP contribution in [0.2, 0.25) is 0 Å². The van der Waals surface area contributed by atoms with Crippen LogP contribution < -0.4 is 15.4 Å². The Balaban J connectivity index is 1.04. The van der Waals surface area contributed by atoms with Crippen molar-refractivity contribution in [2.24, 2.45) is 0 Å². The molecule has 2 aliphatic rings. The standard InChI is InChI=1S/C34H34N4O6/c1-21-16-28(37-44-21)33(40)36-25-12-15-30-27(17-25)34(41)38(2)29-14-13-26(43-31(29)20-42-30)18-32(39)35-19-22-8-10-24(11-9-22)23-6-4-3-5-7-23/h3-12,15-17,26,29,31H,13-14,18-20H2,1-2H3,(H,35,39)(H,36,40)/t26-,29+,31-/m0/s1. The molecule has 0 unspecified atom stereocenters. The molecule has 10 heteroatoms. The van der Waals surface area contributed by atoms with Gasteiger partial charge in [-0.25, -0.2) is 0 Å². The zero-order chi connectivity index (χ0) is 30.6. The molecule has 10 nitrogen and oxygen atoms in total. The fraction of sp³-hybridized carbons (Fsp3) is 0.294. The van der Waals surface area contributed by atoms with E-state index in [9.17, 15) is 14.4 Å². The van der Waals surface area contributed by atoms with Crippen LogP contribution in [-0.4, -0.2) is 59.7 Å². The third-order valence-electron chi connectivity index (χ3n) is 8.09. The maximum Gasteiger partial charge on any atom is 0.277 e. The van der Waals surface area contributed by atoms with Crippen molar-refractivity contribution in [2.45, 2.75) is 51.0 Å². The summed E-state index contributed by atoms with van der Waals surface area (Å²) in [5.41, 5.74) is 4.23. The molecule has 2 N–H and O–H groups in total. The molecular formula is C34H34N4O6. The lowest BCUT2D eigenvalue weighted by Gasteiger charge is -2.42. The van der Waals surface area contributed by atoms with Gasteiger partial charge in [-0.15, -0.1) is 0 Å². The van der Waals surface area contributed by atoms with Gasteiger partial charge in [0.25, 0.3) is 11.8 Å². The Labute approximate surface area is 255 Å². The highest BCUT2D eigenvalue weighted by atomic mass is 16.5. The number of rotatable bonds is 7. The average Bonchev–Trinajstić information content (AvgIpc) is 3.49. The molecule has 3 amide bonds.